The molecule has 106 valence electrons. The number of carbonyl (C=O) groups excluding carboxylic acids is 2. The van der Waals surface area contributed by atoms with Crippen LogP contribution in [0.15, 0.2) is 12.1 Å². The lowest BCUT2D eigenvalue weighted by Gasteiger charge is -2.19. The molecule has 0 bridgehead atoms. The number of piperidine rings is 1. The van der Waals surface area contributed by atoms with Crippen molar-refractivity contribution >= 4 is 22.7 Å². The molecule has 1 unspecified atom stereocenters. The molecule has 0 saturated carbocycles. The van der Waals surface area contributed by atoms with E-state index in [4.69, 9.17) is 6.42 Å². The van der Waals surface area contributed by atoms with Crippen molar-refractivity contribution < 1.29 is 14.0 Å². The number of hydrogen-bond donors (Lipinski definition) is 1. The maximum Gasteiger partial charge on any atom is 0.235 e. The SMILES string of the molecule is C#Cc1ccc2c(c(C3CCC(=O)NC3=O)nn2C)c1F. The van der Waals surface area contributed by atoms with E-state index < -0.39 is 17.6 Å². The van der Waals surface area contributed by atoms with Crippen LogP contribution in [-0.4, -0.2) is 21.6 Å². The van der Waals surface area contributed by atoms with Gasteiger partial charge in [-0.1, -0.05) is 5.92 Å². The molecule has 1 aromatic carbocycles. The summed E-state index contributed by atoms with van der Waals surface area (Å²) in [6.07, 6.45) is 5.81. The van der Waals surface area contributed by atoms with Crippen molar-refractivity contribution in [2.75, 3.05) is 0 Å². The van der Waals surface area contributed by atoms with Crippen molar-refractivity contribution in [1.82, 2.24) is 15.1 Å². The number of carbonyl (C=O) groups is 2. The molecule has 2 aromatic rings. The van der Waals surface area contributed by atoms with Gasteiger partial charge in [0.25, 0.3) is 0 Å². The molecule has 2 heterocycles. The summed E-state index contributed by atoms with van der Waals surface area (Å²) >= 11 is 0. The second-order valence-corrected chi connectivity index (χ2v) is 4.98. The van der Waals surface area contributed by atoms with Crippen molar-refractivity contribution in [3.8, 4) is 12.3 Å². The van der Waals surface area contributed by atoms with Crippen LogP contribution in [0.3, 0.4) is 0 Å². The van der Waals surface area contributed by atoms with Gasteiger partial charge >= 0.3 is 0 Å². The van der Waals surface area contributed by atoms with Gasteiger partial charge in [-0.05, 0) is 18.6 Å². The number of aromatic nitrogens is 2. The zero-order valence-corrected chi connectivity index (χ0v) is 11.3. The Labute approximate surface area is 120 Å². The number of amides is 2. The number of rotatable bonds is 1. The number of terminal acetylenes is 1. The fourth-order valence-electron chi connectivity index (χ4n) is 2.65. The first kappa shape index (κ1) is 13.3. The predicted octanol–water partition coefficient (Wildman–Crippen LogP) is 1.21. The van der Waals surface area contributed by atoms with Crippen LogP contribution in [0.5, 0.6) is 0 Å². The Balaban J connectivity index is 2.21. The third-order valence-electron chi connectivity index (χ3n) is 3.71. The topological polar surface area (TPSA) is 64.0 Å². The van der Waals surface area contributed by atoms with Gasteiger partial charge in [0, 0.05) is 13.5 Å². The number of halogens is 1. The van der Waals surface area contributed by atoms with Crippen LogP contribution in [-0.2, 0) is 16.6 Å². The summed E-state index contributed by atoms with van der Waals surface area (Å²) < 4.78 is 16.0. The summed E-state index contributed by atoms with van der Waals surface area (Å²) in [5.41, 5.74) is 1.02. The summed E-state index contributed by atoms with van der Waals surface area (Å²) in [4.78, 5) is 23.2. The fraction of sp³-hybridized carbons (Fsp3) is 0.267. The molecule has 0 radical (unpaired) electrons. The summed E-state index contributed by atoms with van der Waals surface area (Å²) in [5.74, 6) is 0.315. The second-order valence-electron chi connectivity index (χ2n) is 4.98. The molecular formula is C15H12FN3O2. The molecule has 1 N–H and O–H groups in total. The smallest absolute Gasteiger partial charge is 0.235 e. The first-order chi connectivity index (χ1) is 10.0. The number of benzene rings is 1. The lowest BCUT2D eigenvalue weighted by Crippen LogP contribution is -2.39. The van der Waals surface area contributed by atoms with E-state index in [0.29, 0.717) is 17.6 Å². The van der Waals surface area contributed by atoms with E-state index in [1.54, 1.807) is 13.1 Å². The molecule has 1 aliphatic rings. The Kier molecular flexibility index (Phi) is 2.98. The van der Waals surface area contributed by atoms with E-state index in [1.165, 1.54) is 10.7 Å². The third kappa shape index (κ3) is 1.98. The molecule has 3 rings (SSSR count). The lowest BCUT2D eigenvalue weighted by molar-refractivity contribution is -0.134. The molecule has 1 atom stereocenters. The average Bonchev–Trinajstić information content (AvgIpc) is 2.77. The fourth-order valence-corrected chi connectivity index (χ4v) is 2.65. The number of hydrogen-bond acceptors (Lipinski definition) is 3. The molecular weight excluding hydrogens is 273 g/mol. The highest BCUT2D eigenvalue weighted by molar-refractivity contribution is 6.02. The zero-order valence-electron chi connectivity index (χ0n) is 11.3. The normalized spacial score (nSPS) is 18.6. The van der Waals surface area contributed by atoms with Crippen LogP contribution in [0.4, 0.5) is 4.39 Å². The zero-order chi connectivity index (χ0) is 15.1. The highest BCUT2D eigenvalue weighted by Gasteiger charge is 2.32. The minimum atomic E-state index is -0.645. The van der Waals surface area contributed by atoms with Crippen LogP contribution in [0, 0.1) is 18.2 Å². The Hall–Kier alpha value is -2.68. The largest absolute Gasteiger partial charge is 0.296 e. The van der Waals surface area contributed by atoms with Crippen LogP contribution in [0.1, 0.15) is 30.0 Å². The maximum absolute atomic E-state index is 14.5. The van der Waals surface area contributed by atoms with E-state index in [2.05, 4.69) is 16.3 Å². The maximum atomic E-state index is 14.5. The van der Waals surface area contributed by atoms with Crippen LogP contribution in [0.25, 0.3) is 10.9 Å². The lowest BCUT2D eigenvalue weighted by atomic mass is 9.92. The molecule has 1 saturated heterocycles. The van der Waals surface area contributed by atoms with Gasteiger partial charge in [0.1, 0.15) is 5.82 Å². The van der Waals surface area contributed by atoms with Gasteiger partial charge in [0.2, 0.25) is 11.8 Å². The van der Waals surface area contributed by atoms with Crippen molar-refractivity contribution in [3.05, 3.63) is 29.2 Å². The molecule has 1 aromatic heterocycles. The summed E-state index contributed by atoms with van der Waals surface area (Å²) in [5, 5.41) is 6.77. The van der Waals surface area contributed by atoms with Crippen LogP contribution >= 0.6 is 0 Å². The number of fused-ring (bicyclic) bond motifs is 1. The number of nitrogens with zero attached hydrogens (tertiary/aromatic N) is 2. The molecule has 0 aliphatic carbocycles. The van der Waals surface area contributed by atoms with Crippen molar-refractivity contribution in [1.29, 1.82) is 0 Å². The van der Waals surface area contributed by atoms with E-state index in [1.807, 2.05) is 0 Å². The Morgan fingerprint density at radius 2 is 2.24 bits per heavy atom. The summed E-state index contributed by atoms with van der Waals surface area (Å²) in [6.45, 7) is 0. The highest BCUT2D eigenvalue weighted by atomic mass is 19.1. The molecule has 6 heteroatoms. The van der Waals surface area contributed by atoms with Crippen LogP contribution in [0.2, 0.25) is 0 Å². The average molecular weight is 285 g/mol. The Morgan fingerprint density at radius 1 is 1.48 bits per heavy atom. The predicted molar refractivity (Wildman–Crippen MR) is 73.7 cm³/mol. The number of nitrogens with one attached hydrogen (secondary N) is 1. The third-order valence-corrected chi connectivity index (χ3v) is 3.71. The number of aryl methyl sites for hydroxylation is 1. The molecule has 21 heavy (non-hydrogen) atoms. The van der Waals surface area contributed by atoms with Crippen LogP contribution < -0.4 is 5.32 Å². The number of imide groups is 1. The Morgan fingerprint density at radius 3 is 2.90 bits per heavy atom. The van der Waals surface area contributed by atoms with E-state index in [0.717, 1.165) is 0 Å². The van der Waals surface area contributed by atoms with Gasteiger partial charge in [-0.2, -0.15) is 5.10 Å². The van der Waals surface area contributed by atoms with Gasteiger partial charge in [-0.25, -0.2) is 4.39 Å². The summed E-state index contributed by atoms with van der Waals surface area (Å²) in [6, 6.07) is 3.18. The monoisotopic (exact) mass is 285 g/mol. The molecule has 2 amide bonds. The molecule has 1 fully saturated rings. The van der Waals surface area contributed by atoms with Gasteiger partial charge in [-0.15, -0.1) is 6.42 Å². The van der Waals surface area contributed by atoms with E-state index in [9.17, 15) is 14.0 Å². The van der Waals surface area contributed by atoms with E-state index in [-0.39, 0.29) is 23.3 Å². The van der Waals surface area contributed by atoms with Crippen molar-refractivity contribution in [2.45, 2.75) is 18.8 Å². The molecule has 5 nitrogen and oxygen atoms in total. The van der Waals surface area contributed by atoms with E-state index >= 15 is 0 Å². The molecule has 0 spiro atoms. The quantitative estimate of drug-likeness (QED) is 0.633. The first-order valence-corrected chi connectivity index (χ1v) is 6.48. The minimum absolute atomic E-state index is 0.129. The van der Waals surface area contributed by atoms with Crippen molar-refractivity contribution in [2.24, 2.45) is 7.05 Å². The van der Waals surface area contributed by atoms with Gasteiger partial charge < -0.3 is 0 Å². The summed E-state index contributed by atoms with van der Waals surface area (Å²) in [7, 11) is 1.67. The first-order valence-electron chi connectivity index (χ1n) is 6.48. The molecule has 1 aliphatic heterocycles. The minimum Gasteiger partial charge on any atom is -0.296 e. The highest BCUT2D eigenvalue weighted by Crippen LogP contribution is 2.32. The van der Waals surface area contributed by atoms with Crippen molar-refractivity contribution in [3.63, 3.8) is 0 Å². The van der Waals surface area contributed by atoms with Gasteiger partial charge in [0.05, 0.1) is 28.1 Å². The Bertz CT molecular complexity index is 816. The van der Waals surface area contributed by atoms with Gasteiger partial charge in [0.15, 0.2) is 0 Å². The standard InChI is InChI=1S/C15H12FN3O2/c1-3-8-4-6-10-12(13(8)16)14(18-19(10)2)9-5-7-11(20)17-15(9)21/h1,4,6,9H,5,7H2,2H3,(H,17,20,21). The van der Waals surface area contributed by atoms with Gasteiger partial charge in [-0.3, -0.25) is 19.6 Å². The second kappa shape index (κ2) is 4.70.